The largest absolute Gasteiger partial charge is 0.396 e. The molecule has 4 rings (SSSR count). The van der Waals surface area contributed by atoms with E-state index in [-0.39, 0.29) is 18.1 Å². The van der Waals surface area contributed by atoms with Gasteiger partial charge in [0.15, 0.2) is 5.65 Å². The van der Waals surface area contributed by atoms with Gasteiger partial charge in [0.05, 0.1) is 11.4 Å². The Hall–Kier alpha value is -4.08. The molecule has 0 spiro atoms. The molecule has 188 valence electrons. The first-order valence-corrected chi connectivity index (χ1v) is 11.7. The normalized spacial score (nSPS) is 10.4. The van der Waals surface area contributed by atoms with E-state index in [1.54, 1.807) is 30.3 Å². The summed E-state index contributed by atoms with van der Waals surface area (Å²) in [7, 11) is 3.75. The highest BCUT2D eigenvalue weighted by molar-refractivity contribution is 5.94. The molecule has 4 N–H and O–H groups in total. The number of carbonyl (C=O) groups is 1. The molecular weight excluding hydrogens is 456 g/mol. The summed E-state index contributed by atoms with van der Waals surface area (Å²) in [5.41, 5.74) is 3.19. The molecule has 2 heterocycles. The minimum atomic E-state index is -0.231. The van der Waals surface area contributed by atoms with E-state index >= 15 is 0 Å². The van der Waals surface area contributed by atoms with Gasteiger partial charge in [-0.2, -0.15) is 4.98 Å². The minimum Gasteiger partial charge on any atom is -0.396 e. The number of carbonyl (C=O) groups excluding carboxylic acids is 1. The number of nitrogens with one attached hydrogen (secondary N) is 3. The van der Waals surface area contributed by atoms with E-state index in [0.717, 1.165) is 16.6 Å². The monoisotopic (exact) mass is 488 g/mol. The van der Waals surface area contributed by atoms with Crippen LogP contribution in [0.4, 0.5) is 5.95 Å². The van der Waals surface area contributed by atoms with Gasteiger partial charge in [-0.15, -0.1) is 0 Å². The van der Waals surface area contributed by atoms with Crippen LogP contribution in [0.3, 0.4) is 0 Å². The minimum absolute atomic E-state index is 0.0205. The maximum atomic E-state index is 12.8. The van der Waals surface area contributed by atoms with Gasteiger partial charge in [0, 0.05) is 36.7 Å². The zero-order valence-electron chi connectivity index (χ0n) is 20.8. The Labute approximate surface area is 210 Å². The van der Waals surface area contributed by atoms with Crippen LogP contribution in [0.2, 0.25) is 0 Å². The number of aliphatic hydroxyl groups excluding tert-OH is 1. The van der Waals surface area contributed by atoms with Crippen LogP contribution in [0.5, 0.6) is 0 Å². The molecule has 36 heavy (non-hydrogen) atoms. The van der Waals surface area contributed by atoms with Crippen molar-refractivity contribution < 1.29 is 9.90 Å². The number of nitrogens with zero attached hydrogens (tertiary/aromatic N) is 3. The molecular formula is C27H32N6O3. The Morgan fingerprint density at radius 1 is 0.972 bits per heavy atom. The van der Waals surface area contributed by atoms with Crippen LogP contribution in [0, 0.1) is 6.92 Å². The molecule has 0 atom stereocenters. The number of rotatable bonds is 8. The van der Waals surface area contributed by atoms with E-state index in [9.17, 15) is 9.59 Å². The number of aryl methyl sites for hydroxylation is 1. The van der Waals surface area contributed by atoms with Gasteiger partial charge in [-0.1, -0.05) is 30.3 Å². The van der Waals surface area contributed by atoms with Crippen molar-refractivity contribution in [1.82, 2.24) is 25.2 Å². The molecule has 0 saturated heterocycles. The third-order valence-corrected chi connectivity index (χ3v) is 5.24. The summed E-state index contributed by atoms with van der Waals surface area (Å²) < 4.78 is 1.52. The third-order valence-electron chi connectivity index (χ3n) is 5.24. The molecule has 9 nitrogen and oxygen atoms in total. The zero-order valence-corrected chi connectivity index (χ0v) is 20.8. The fraction of sp³-hybridized carbons (Fsp3) is 0.259. The van der Waals surface area contributed by atoms with Crippen LogP contribution in [-0.4, -0.2) is 52.8 Å². The van der Waals surface area contributed by atoms with Gasteiger partial charge < -0.3 is 21.1 Å². The van der Waals surface area contributed by atoms with Crippen molar-refractivity contribution in [3.05, 3.63) is 93.9 Å². The maximum absolute atomic E-state index is 12.8. The summed E-state index contributed by atoms with van der Waals surface area (Å²) >= 11 is 0. The smallest absolute Gasteiger partial charge is 0.256 e. The van der Waals surface area contributed by atoms with Crippen LogP contribution >= 0.6 is 0 Å². The first-order valence-electron chi connectivity index (χ1n) is 11.7. The number of amides is 1. The first kappa shape index (κ1) is 26.5. The number of pyridine rings is 1. The average Bonchev–Trinajstić information content (AvgIpc) is 2.89. The van der Waals surface area contributed by atoms with Crippen molar-refractivity contribution in [2.75, 3.05) is 32.6 Å². The number of hydrogen-bond acceptors (Lipinski definition) is 7. The van der Waals surface area contributed by atoms with Crippen LogP contribution in [0.25, 0.3) is 16.7 Å². The predicted molar refractivity (Wildman–Crippen MR) is 143 cm³/mol. The van der Waals surface area contributed by atoms with Crippen LogP contribution < -0.4 is 21.5 Å². The van der Waals surface area contributed by atoms with E-state index < -0.39 is 0 Å². The molecule has 0 fully saturated rings. The zero-order chi connectivity index (χ0) is 25.9. The Morgan fingerprint density at radius 3 is 2.33 bits per heavy atom. The lowest BCUT2D eigenvalue weighted by molar-refractivity contribution is 0.0951. The SMILES string of the molecule is CNC.Cc1nc(NCc2ccccc2)nc2c1ccc(=O)n2-c1ccc(C(=O)NCCCO)cc1. The molecule has 0 aliphatic carbocycles. The van der Waals surface area contributed by atoms with Gasteiger partial charge in [0.25, 0.3) is 11.5 Å². The quantitative estimate of drug-likeness (QED) is 0.281. The second-order valence-electron chi connectivity index (χ2n) is 8.10. The van der Waals surface area contributed by atoms with Crippen molar-refractivity contribution in [2.45, 2.75) is 19.9 Å². The third kappa shape index (κ3) is 6.74. The summed E-state index contributed by atoms with van der Waals surface area (Å²) in [5.74, 6) is 0.203. The van der Waals surface area contributed by atoms with Gasteiger partial charge in [-0.25, -0.2) is 4.98 Å². The van der Waals surface area contributed by atoms with E-state index in [0.29, 0.717) is 42.4 Å². The lowest BCUT2D eigenvalue weighted by Crippen LogP contribution is -2.25. The van der Waals surface area contributed by atoms with Crippen molar-refractivity contribution in [3.63, 3.8) is 0 Å². The number of fused-ring (bicyclic) bond motifs is 1. The van der Waals surface area contributed by atoms with Gasteiger partial charge >= 0.3 is 0 Å². The Kier molecular flexibility index (Phi) is 9.67. The average molecular weight is 489 g/mol. The molecule has 0 unspecified atom stereocenters. The molecule has 2 aromatic heterocycles. The molecule has 0 radical (unpaired) electrons. The highest BCUT2D eigenvalue weighted by Gasteiger charge is 2.13. The summed E-state index contributed by atoms with van der Waals surface area (Å²) in [6, 6.07) is 19.9. The first-order chi connectivity index (χ1) is 17.5. The Morgan fingerprint density at radius 2 is 1.67 bits per heavy atom. The number of aliphatic hydroxyl groups is 1. The van der Waals surface area contributed by atoms with Crippen LogP contribution in [0.1, 0.15) is 28.0 Å². The maximum Gasteiger partial charge on any atom is 0.256 e. The van der Waals surface area contributed by atoms with Crippen molar-refractivity contribution in [1.29, 1.82) is 0 Å². The van der Waals surface area contributed by atoms with Crippen LogP contribution in [0.15, 0.2) is 71.5 Å². The topological polar surface area (TPSA) is 121 Å². The van der Waals surface area contributed by atoms with E-state index in [4.69, 9.17) is 5.11 Å². The molecule has 1 amide bonds. The Balaban J connectivity index is 0.00000115. The van der Waals surface area contributed by atoms with Gasteiger partial charge in [-0.05, 0) is 63.3 Å². The fourth-order valence-electron chi connectivity index (χ4n) is 3.52. The summed E-state index contributed by atoms with van der Waals surface area (Å²) in [6.45, 7) is 2.86. The molecule has 2 aromatic carbocycles. The summed E-state index contributed by atoms with van der Waals surface area (Å²) in [4.78, 5) is 34.2. The number of benzene rings is 2. The number of hydrogen-bond donors (Lipinski definition) is 4. The van der Waals surface area contributed by atoms with Crippen molar-refractivity contribution >= 4 is 22.9 Å². The van der Waals surface area contributed by atoms with Crippen LogP contribution in [-0.2, 0) is 6.54 Å². The van der Waals surface area contributed by atoms with Gasteiger partial charge in [-0.3, -0.25) is 14.2 Å². The van der Waals surface area contributed by atoms with Gasteiger partial charge in [0.2, 0.25) is 5.95 Å². The van der Waals surface area contributed by atoms with E-state index in [1.807, 2.05) is 51.4 Å². The second kappa shape index (κ2) is 13.1. The highest BCUT2D eigenvalue weighted by atomic mass is 16.3. The lowest BCUT2D eigenvalue weighted by atomic mass is 10.1. The van der Waals surface area contributed by atoms with E-state index in [1.165, 1.54) is 10.6 Å². The summed E-state index contributed by atoms with van der Waals surface area (Å²) in [6.07, 6.45) is 0.495. The van der Waals surface area contributed by atoms with E-state index in [2.05, 4.69) is 25.9 Å². The van der Waals surface area contributed by atoms with Crippen molar-refractivity contribution in [2.24, 2.45) is 0 Å². The molecule has 9 heteroatoms. The van der Waals surface area contributed by atoms with Gasteiger partial charge in [0.1, 0.15) is 0 Å². The molecule has 4 aromatic rings. The Bertz CT molecular complexity index is 1340. The summed E-state index contributed by atoms with van der Waals surface area (Å²) in [5, 5.41) is 18.4. The highest BCUT2D eigenvalue weighted by Crippen LogP contribution is 2.19. The lowest BCUT2D eigenvalue weighted by Gasteiger charge is -2.13. The molecule has 0 saturated carbocycles. The predicted octanol–water partition coefficient (Wildman–Crippen LogP) is 2.65. The van der Waals surface area contributed by atoms with Crippen molar-refractivity contribution in [3.8, 4) is 5.69 Å². The second-order valence-corrected chi connectivity index (χ2v) is 8.10. The fourth-order valence-corrected chi connectivity index (χ4v) is 3.52. The number of aromatic nitrogens is 3. The molecule has 0 aliphatic heterocycles. The number of anilines is 1. The standard InChI is InChI=1S/C25H25N5O3.C2H7N/c1-17-21-12-13-22(32)30(20-10-8-19(9-11-20)24(33)26-14-5-15-31)23(21)29-25(28-17)27-16-18-6-3-2-4-7-18;1-3-2/h2-4,6-13,31H,5,14-16H2,1H3,(H,26,33)(H,27,28,29);3H,1-2H3. The molecule has 0 bridgehead atoms. The molecule has 0 aliphatic rings.